The zero-order valence-electron chi connectivity index (χ0n) is 17.3. The van der Waals surface area contributed by atoms with Crippen molar-refractivity contribution in [1.29, 1.82) is 0 Å². The van der Waals surface area contributed by atoms with Gasteiger partial charge in [-0.2, -0.15) is 0 Å². The number of halogens is 1. The number of nitrogens with one attached hydrogen (secondary N) is 1. The predicted molar refractivity (Wildman–Crippen MR) is 117 cm³/mol. The molecule has 2 aromatic carbocycles. The Morgan fingerprint density at radius 3 is 2.97 bits per heavy atom. The minimum atomic E-state index is -0.202. The molecular formula is C25H25FN2O3. The minimum absolute atomic E-state index is 0.0262. The molecule has 0 fully saturated rings. The maximum Gasteiger partial charge on any atom is 0.204 e. The van der Waals surface area contributed by atoms with Crippen LogP contribution in [-0.4, -0.2) is 48.8 Å². The predicted octanol–water partition coefficient (Wildman–Crippen LogP) is 4.56. The molecule has 1 N–H and O–H groups in total. The van der Waals surface area contributed by atoms with Crippen molar-refractivity contribution in [2.75, 3.05) is 32.8 Å². The van der Waals surface area contributed by atoms with Crippen molar-refractivity contribution in [1.82, 2.24) is 9.88 Å². The highest BCUT2D eigenvalue weighted by atomic mass is 19.1. The second-order valence-corrected chi connectivity index (χ2v) is 8.52. The second kappa shape index (κ2) is 7.61. The molecule has 0 aliphatic carbocycles. The molecule has 0 amide bonds. The summed E-state index contributed by atoms with van der Waals surface area (Å²) in [6.07, 6.45) is 7.20. The van der Waals surface area contributed by atoms with E-state index >= 15 is 0 Å². The van der Waals surface area contributed by atoms with Gasteiger partial charge in [0.25, 0.3) is 0 Å². The molecule has 1 unspecified atom stereocenters. The zero-order valence-corrected chi connectivity index (χ0v) is 17.3. The molecule has 160 valence electrons. The molecule has 6 heteroatoms. The van der Waals surface area contributed by atoms with Gasteiger partial charge in [-0.1, -0.05) is 12.1 Å². The largest absolute Gasteiger partial charge is 0.489 e. The van der Waals surface area contributed by atoms with Crippen LogP contribution in [0.5, 0.6) is 17.2 Å². The van der Waals surface area contributed by atoms with Crippen LogP contribution < -0.4 is 14.2 Å². The molecule has 31 heavy (non-hydrogen) atoms. The van der Waals surface area contributed by atoms with Crippen LogP contribution >= 0.6 is 0 Å². The lowest BCUT2D eigenvalue weighted by molar-refractivity contribution is 0.0569. The van der Waals surface area contributed by atoms with E-state index < -0.39 is 0 Å². The highest BCUT2D eigenvalue weighted by molar-refractivity contribution is 5.92. The van der Waals surface area contributed by atoms with Crippen LogP contribution in [0, 0.1) is 5.82 Å². The zero-order chi connectivity index (χ0) is 20.8. The Morgan fingerprint density at radius 1 is 1.10 bits per heavy atom. The van der Waals surface area contributed by atoms with Crippen LogP contribution in [0.4, 0.5) is 4.39 Å². The van der Waals surface area contributed by atoms with E-state index in [0.29, 0.717) is 6.61 Å². The summed E-state index contributed by atoms with van der Waals surface area (Å²) in [5, 5.41) is 0.949. The summed E-state index contributed by atoms with van der Waals surface area (Å²) in [6, 6.07) is 8.99. The number of H-pyrrole nitrogens is 1. The van der Waals surface area contributed by atoms with Gasteiger partial charge in [0.15, 0.2) is 11.5 Å². The standard InChI is InChI=1S/C25H25FN2O3/c26-18-4-5-22-20(12-18)21(13-27-22)16-7-9-28(10-8-16)14-19-15-30-23-6-3-17-2-1-11-29-24(17)25(23)31-19/h3-7,12-13,19,27H,1-2,8-11,14-15H2. The molecule has 0 saturated heterocycles. The first kappa shape index (κ1) is 18.8. The SMILES string of the molecule is Fc1ccc2[nH]cc(C3=CCN(CC4COc5ccc6c(c5O4)OCCC6)CC3)c2c1. The van der Waals surface area contributed by atoms with Gasteiger partial charge in [0.2, 0.25) is 5.75 Å². The van der Waals surface area contributed by atoms with Crippen molar-refractivity contribution in [2.45, 2.75) is 25.4 Å². The average molecular weight is 420 g/mol. The first-order chi connectivity index (χ1) is 15.2. The molecule has 6 rings (SSSR count). The number of aryl methyl sites for hydroxylation is 1. The quantitative estimate of drug-likeness (QED) is 0.675. The van der Waals surface area contributed by atoms with Gasteiger partial charge in [0.05, 0.1) is 6.61 Å². The summed E-state index contributed by atoms with van der Waals surface area (Å²) in [5.41, 5.74) is 4.54. The van der Waals surface area contributed by atoms with Crippen molar-refractivity contribution in [3.05, 3.63) is 59.5 Å². The van der Waals surface area contributed by atoms with Gasteiger partial charge in [-0.15, -0.1) is 0 Å². The highest BCUT2D eigenvalue weighted by Gasteiger charge is 2.29. The van der Waals surface area contributed by atoms with Crippen LogP contribution in [-0.2, 0) is 6.42 Å². The normalized spacial score (nSPS) is 20.8. The van der Waals surface area contributed by atoms with E-state index in [1.54, 1.807) is 12.1 Å². The summed E-state index contributed by atoms with van der Waals surface area (Å²) in [7, 11) is 0. The number of hydrogen-bond donors (Lipinski definition) is 1. The number of aromatic nitrogens is 1. The van der Waals surface area contributed by atoms with Gasteiger partial charge in [0, 0.05) is 42.3 Å². The van der Waals surface area contributed by atoms with Crippen molar-refractivity contribution in [2.24, 2.45) is 0 Å². The molecule has 0 saturated carbocycles. The van der Waals surface area contributed by atoms with E-state index in [0.717, 1.165) is 79.2 Å². The van der Waals surface area contributed by atoms with Gasteiger partial charge in [-0.3, -0.25) is 4.90 Å². The van der Waals surface area contributed by atoms with Gasteiger partial charge < -0.3 is 19.2 Å². The molecule has 3 aromatic rings. The topological polar surface area (TPSA) is 46.7 Å². The summed E-state index contributed by atoms with van der Waals surface area (Å²) in [6.45, 7) is 3.85. The lowest BCUT2D eigenvalue weighted by Crippen LogP contribution is -2.42. The molecule has 3 aliphatic heterocycles. The monoisotopic (exact) mass is 420 g/mol. The lowest BCUT2D eigenvalue weighted by Gasteiger charge is -2.34. The molecule has 1 atom stereocenters. The third-order valence-corrected chi connectivity index (χ3v) is 6.45. The van der Waals surface area contributed by atoms with Crippen molar-refractivity contribution in [3.63, 3.8) is 0 Å². The fourth-order valence-corrected chi connectivity index (χ4v) is 4.84. The average Bonchev–Trinajstić information content (AvgIpc) is 3.22. The van der Waals surface area contributed by atoms with E-state index in [9.17, 15) is 4.39 Å². The molecule has 0 spiro atoms. The molecule has 4 heterocycles. The van der Waals surface area contributed by atoms with E-state index in [4.69, 9.17) is 14.2 Å². The number of nitrogens with zero attached hydrogens (tertiary/aromatic N) is 1. The number of ether oxygens (including phenoxy) is 3. The third kappa shape index (κ3) is 3.45. The van der Waals surface area contributed by atoms with E-state index in [1.807, 2.05) is 12.3 Å². The Balaban J connectivity index is 1.15. The van der Waals surface area contributed by atoms with Crippen LogP contribution in [0.25, 0.3) is 16.5 Å². The third-order valence-electron chi connectivity index (χ3n) is 6.45. The van der Waals surface area contributed by atoms with Gasteiger partial charge in [-0.25, -0.2) is 4.39 Å². The van der Waals surface area contributed by atoms with Crippen LogP contribution in [0.1, 0.15) is 24.0 Å². The lowest BCUT2D eigenvalue weighted by atomic mass is 9.98. The van der Waals surface area contributed by atoms with Crippen LogP contribution in [0.2, 0.25) is 0 Å². The smallest absolute Gasteiger partial charge is 0.204 e. The minimum Gasteiger partial charge on any atom is -0.489 e. The molecule has 5 nitrogen and oxygen atoms in total. The first-order valence-corrected chi connectivity index (χ1v) is 11.0. The van der Waals surface area contributed by atoms with Crippen LogP contribution in [0.3, 0.4) is 0 Å². The first-order valence-electron chi connectivity index (χ1n) is 11.0. The van der Waals surface area contributed by atoms with E-state index in [1.165, 1.54) is 17.2 Å². The number of fused-ring (bicyclic) bond motifs is 4. The highest BCUT2D eigenvalue weighted by Crippen LogP contribution is 2.44. The summed E-state index contributed by atoms with van der Waals surface area (Å²) < 4.78 is 32.0. The maximum absolute atomic E-state index is 13.7. The Hall–Kier alpha value is -2.99. The van der Waals surface area contributed by atoms with Crippen molar-refractivity contribution in [3.8, 4) is 17.2 Å². The van der Waals surface area contributed by atoms with Crippen molar-refractivity contribution < 1.29 is 18.6 Å². The molecule has 0 bridgehead atoms. The van der Waals surface area contributed by atoms with Gasteiger partial charge in [0.1, 0.15) is 18.5 Å². The number of hydrogen-bond acceptors (Lipinski definition) is 4. The Morgan fingerprint density at radius 2 is 2.06 bits per heavy atom. The molecule has 0 radical (unpaired) electrons. The van der Waals surface area contributed by atoms with Gasteiger partial charge in [-0.05, 0) is 54.7 Å². The van der Waals surface area contributed by atoms with Gasteiger partial charge >= 0.3 is 0 Å². The molecular weight excluding hydrogens is 395 g/mol. The number of benzene rings is 2. The Labute approximate surface area is 180 Å². The van der Waals surface area contributed by atoms with Crippen LogP contribution in [0.15, 0.2) is 42.6 Å². The molecule has 1 aromatic heterocycles. The van der Waals surface area contributed by atoms with Crippen molar-refractivity contribution >= 4 is 16.5 Å². The summed E-state index contributed by atoms with van der Waals surface area (Å²) in [4.78, 5) is 5.64. The molecule has 3 aliphatic rings. The fourth-order valence-electron chi connectivity index (χ4n) is 4.84. The number of aromatic amines is 1. The van der Waals surface area contributed by atoms with E-state index in [-0.39, 0.29) is 11.9 Å². The van der Waals surface area contributed by atoms with E-state index in [2.05, 4.69) is 22.0 Å². The number of rotatable bonds is 3. The fraction of sp³-hybridized carbons (Fsp3) is 0.360. The Bertz CT molecular complexity index is 1170. The maximum atomic E-state index is 13.7. The summed E-state index contributed by atoms with van der Waals surface area (Å²) in [5.74, 6) is 2.21. The second-order valence-electron chi connectivity index (χ2n) is 8.52. The Kier molecular flexibility index (Phi) is 4.60. The summed E-state index contributed by atoms with van der Waals surface area (Å²) >= 11 is 0.